The summed E-state index contributed by atoms with van der Waals surface area (Å²) in [5.74, 6) is -0.953. The zero-order valence-electron chi connectivity index (χ0n) is 6.03. The Morgan fingerprint density at radius 1 is 1.82 bits per heavy atom. The fraction of sp³-hybridized carbons (Fsp3) is 0.143. The standard InChI is InChI=1S/C7H8N2O2/c1-5(2-7(10)11)6-3-8-4-9-6/h2-4H,1H3,(H,8,9)(H,10,11)/b5-2+. The van der Waals surface area contributed by atoms with Crippen LogP contribution in [0.2, 0.25) is 0 Å². The monoisotopic (exact) mass is 152 g/mol. The van der Waals surface area contributed by atoms with Crippen molar-refractivity contribution < 1.29 is 9.90 Å². The second-order valence-electron chi connectivity index (χ2n) is 2.12. The number of aliphatic carboxylic acids is 1. The van der Waals surface area contributed by atoms with Crippen LogP contribution in [0.25, 0.3) is 5.57 Å². The highest BCUT2D eigenvalue weighted by Crippen LogP contribution is 2.07. The van der Waals surface area contributed by atoms with E-state index in [1.54, 1.807) is 13.1 Å². The van der Waals surface area contributed by atoms with E-state index in [1.807, 2.05) is 0 Å². The summed E-state index contributed by atoms with van der Waals surface area (Å²) in [7, 11) is 0. The lowest BCUT2D eigenvalue weighted by molar-refractivity contribution is -0.131. The normalized spacial score (nSPS) is 11.5. The van der Waals surface area contributed by atoms with Gasteiger partial charge in [0, 0.05) is 12.3 Å². The molecule has 0 radical (unpaired) electrons. The molecule has 1 heterocycles. The van der Waals surface area contributed by atoms with Crippen molar-refractivity contribution in [1.29, 1.82) is 0 Å². The van der Waals surface area contributed by atoms with E-state index in [-0.39, 0.29) is 0 Å². The third-order valence-electron chi connectivity index (χ3n) is 1.24. The second-order valence-corrected chi connectivity index (χ2v) is 2.12. The lowest BCUT2D eigenvalue weighted by atomic mass is 10.2. The fourth-order valence-corrected chi connectivity index (χ4v) is 0.735. The van der Waals surface area contributed by atoms with Crippen LogP contribution in [0.15, 0.2) is 18.6 Å². The largest absolute Gasteiger partial charge is 0.478 e. The number of aromatic amines is 1. The summed E-state index contributed by atoms with van der Waals surface area (Å²) in [6.07, 6.45) is 4.28. The number of aromatic nitrogens is 2. The molecule has 1 aromatic heterocycles. The van der Waals surface area contributed by atoms with E-state index >= 15 is 0 Å². The summed E-state index contributed by atoms with van der Waals surface area (Å²) in [6.45, 7) is 1.70. The van der Waals surface area contributed by atoms with Gasteiger partial charge in [-0.15, -0.1) is 0 Å². The van der Waals surface area contributed by atoms with Gasteiger partial charge in [0.15, 0.2) is 0 Å². The number of carboxylic acids is 1. The number of allylic oxidation sites excluding steroid dienone is 1. The Hall–Kier alpha value is -1.58. The van der Waals surface area contributed by atoms with Gasteiger partial charge in [-0.05, 0) is 12.5 Å². The van der Waals surface area contributed by atoms with Crippen molar-refractivity contribution in [1.82, 2.24) is 9.97 Å². The highest BCUT2D eigenvalue weighted by Gasteiger charge is 1.98. The number of carbonyl (C=O) groups is 1. The van der Waals surface area contributed by atoms with Crippen molar-refractivity contribution in [2.45, 2.75) is 6.92 Å². The van der Waals surface area contributed by atoms with Crippen molar-refractivity contribution in [2.75, 3.05) is 0 Å². The molecule has 4 nitrogen and oxygen atoms in total. The molecular weight excluding hydrogens is 144 g/mol. The zero-order valence-corrected chi connectivity index (χ0v) is 6.03. The van der Waals surface area contributed by atoms with E-state index in [9.17, 15) is 4.79 Å². The van der Waals surface area contributed by atoms with Gasteiger partial charge in [0.25, 0.3) is 0 Å². The van der Waals surface area contributed by atoms with Crippen LogP contribution >= 0.6 is 0 Å². The van der Waals surface area contributed by atoms with Gasteiger partial charge < -0.3 is 10.1 Å². The number of carboxylic acid groups (broad SMARTS) is 1. The van der Waals surface area contributed by atoms with Crippen LogP contribution in [0.3, 0.4) is 0 Å². The highest BCUT2D eigenvalue weighted by atomic mass is 16.4. The molecule has 0 saturated heterocycles. The van der Waals surface area contributed by atoms with Crippen LogP contribution < -0.4 is 0 Å². The summed E-state index contributed by atoms with van der Waals surface area (Å²) in [5.41, 5.74) is 1.30. The summed E-state index contributed by atoms with van der Waals surface area (Å²) in [4.78, 5) is 16.8. The molecule has 11 heavy (non-hydrogen) atoms. The first kappa shape index (κ1) is 7.53. The zero-order chi connectivity index (χ0) is 8.27. The number of H-pyrrole nitrogens is 1. The van der Waals surface area contributed by atoms with E-state index in [0.717, 1.165) is 6.08 Å². The van der Waals surface area contributed by atoms with Gasteiger partial charge in [-0.2, -0.15) is 0 Å². The molecule has 0 unspecified atom stereocenters. The first-order chi connectivity index (χ1) is 5.20. The van der Waals surface area contributed by atoms with E-state index in [0.29, 0.717) is 11.3 Å². The molecule has 0 aliphatic rings. The Balaban J connectivity index is 2.86. The van der Waals surface area contributed by atoms with Crippen molar-refractivity contribution in [2.24, 2.45) is 0 Å². The number of nitrogens with zero attached hydrogens (tertiary/aromatic N) is 1. The van der Waals surface area contributed by atoms with E-state index in [4.69, 9.17) is 5.11 Å². The lowest BCUT2D eigenvalue weighted by Gasteiger charge is -1.90. The Morgan fingerprint density at radius 3 is 3.00 bits per heavy atom. The summed E-state index contributed by atoms with van der Waals surface area (Å²) in [5, 5.41) is 8.37. The minimum absolute atomic E-state index is 0.638. The molecule has 0 aliphatic heterocycles. The Morgan fingerprint density at radius 2 is 2.55 bits per heavy atom. The van der Waals surface area contributed by atoms with Gasteiger partial charge in [-0.3, -0.25) is 0 Å². The number of imidazole rings is 1. The van der Waals surface area contributed by atoms with Gasteiger partial charge >= 0.3 is 5.97 Å². The predicted octanol–water partition coefficient (Wildman–Crippen LogP) is 0.898. The van der Waals surface area contributed by atoms with Crippen LogP contribution in [0, 0.1) is 0 Å². The van der Waals surface area contributed by atoms with Crippen molar-refractivity contribution in [3.63, 3.8) is 0 Å². The molecule has 2 N–H and O–H groups in total. The van der Waals surface area contributed by atoms with Gasteiger partial charge in [-0.1, -0.05) is 0 Å². The topological polar surface area (TPSA) is 66.0 Å². The van der Waals surface area contributed by atoms with E-state index < -0.39 is 5.97 Å². The van der Waals surface area contributed by atoms with Crippen LogP contribution in [0.4, 0.5) is 0 Å². The molecule has 58 valence electrons. The molecule has 1 rings (SSSR count). The second kappa shape index (κ2) is 3.01. The van der Waals surface area contributed by atoms with Crippen molar-refractivity contribution >= 4 is 11.5 Å². The van der Waals surface area contributed by atoms with Crippen molar-refractivity contribution in [3.05, 3.63) is 24.3 Å². The molecule has 1 aromatic rings. The maximum Gasteiger partial charge on any atom is 0.328 e. The molecule has 0 amide bonds. The Bertz CT molecular complexity index is 275. The van der Waals surface area contributed by atoms with Gasteiger partial charge in [0.2, 0.25) is 0 Å². The molecule has 0 aliphatic carbocycles. The Labute approximate surface area is 63.6 Å². The molecule has 0 fully saturated rings. The SMILES string of the molecule is C/C(=C\C(=O)O)c1c[nH]cn1. The quantitative estimate of drug-likeness (QED) is 0.618. The van der Waals surface area contributed by atoms with Crippen LogP contribution in [-0.2, 0) is 4.79 Å². The third-order valence-corrected chi connectivity index (χ3v) is 1.24. The van der Waals surface area contributed by atoms with Gasteiger partial charge in [0.05, 0.1) is 12.0 Å². The van der Waals surface area contributed by atoms with Crippen LogP contribution in [0.1, 0.15) is 12.6 Å². The first-order valence-electron chi connectivity index (χ1n) is 3.10. The Kier molecular flexibility index (Phi) is 2.06. The van der Waals surface area contributed by atoms with E-state index in [1.165, 1.54) is 6.33 Å². The molecule has 0 spiro atoms. The van der Waals surface area contributed by atoms with Crippen LogP contribution in [0.5, 0.6) is 0 Å². The average Bonchev–Trinajstić information content (AvgIpc) is 2.35. The van der Waals surface area contributed by atoms with Gasteiger partial charge in [0.1, 0.15) is 0 Å². The summed E-state index contributed by atoms with van der Waals surface area (Å²) < 4.78 is 0. The minimum atomic E-state index is -0.953. The minimum Gasteiger partial charge on any atom is -0.478 e. The number of rotatable bonds is 2. The molecular formula is C7H8N2O2. The molecule has 4 heteroatoms. The van der Waals surface area contributed by atoms with Crippen molar-refractivity contribution in [3.8, 4) is 0 Å². The fourth-order valence-electron chi connectivity index (χ4n) is 0.735. The highest BCUT2D eigenvalue weighted by molar-refractivity contribution is 5.88. The number of hydrogen-bond acceptors (Lipinski definition) is 2. The molecule has 0 bridgehead atoms. The molecule has 0 atom stereocenters. The maximum atomic E-state index is 10.2. The van der Waals surface area contributed by atoms with Crippen LogP contribution in [-0.4, -0.2) is 21.0 Å². The lowest BCUT2D eigenvalue weighted by Crippen LogP contribution is -1.89. The molecule has 0 aromatic carbocycles. The summed E-state index contributed by atoms with van der Waals surface area (Å²) in [6, 6.07) is 0. The molecule has 0 saturated carbocycles. The number of nitrogens with one attached hydrogen (secondary N) is 1. The van der Waals surface area contributed by atoms with E-state index in [2.05, 4.69) is 9.97 Å². The summed E-state index contributed by atoms with van der Waals surface area (Å²) >= 11 is 0. The number of hydrogen-bond donors (Lipinski definition) is 2. The first-order valence-corrected chi connectivity index (χ1v) is 3.10. The predicted molar refractivity (Wildman–Crippen MR) is 39.9 cm³/mol. The maximum absolute atomic E-state index is 10.2. The third kappa shape index (κ3) is 1.93. The average molecular weight is 152 g/mol. The smallest absolute Gasteiger partial charge is 0.328 e. The van der Waals surface area contributed by atoms with Gasteiger partial charge in [-0.25, -0.2) is 9.78 Å².